The summed E-state index contributed by atoms with van der Waals surface area (Å²) in [6, 6.07) is 15.9. The summed E-state index contributed by atoms with van der Waals surface area (Å²) < 4.78 is 2.41. The van der Waals surface area contributed by atoms with Gasteiger partial charge in [0.05, 0.1) is 11.0 Å². The highest BCUT2D eigenvalue weighted by molar-refractivity contribution is 5.83. The van der Waals surface area contributed by atoms with Gasteiger partial charge in [0.2, 0.25) is 0 Å². The minimum absolute atomic E-state index is 0.312. The van der Waals surface area contributed by atoms with Crippen molar-refractivity contribution in [2.75, 3.05) is 0 Å². The van der Waals surface area contributed by atoms with Gasteiger partial charge in [0.15, 0.2) is 0 Å². The molecule has 2 nitrogen and oxygen atoms in total. The second kappa shape index (κ2) is 7.14. The zero-order valence-corrected chi connectivity index (χ0v) is 17.3. The number of imidazole rings is 1. The fourth-order valence-corrected chi connectivity index (χ4v) is 4.95. The molecule has 1 heterocycles. The molecule has 27 heavy (non-hydrogen) atoms. The largest absolute Gasteiger partial charge is 0.321 e. The second-order valence-corrected chi connectivity index (χ2v) is 8.74. The van der Waals surface area contributed by atoms with E-state index in [9.17, 15) is 0 Å². The fourth-order valence-electron chi connectivity index (χ4n) is 4.95. The first-order chi connectivity index (χ1) is 13.0. The van der Waals surface area contributed by atoms with Gasteiger partial charge in [0.25, 0.3) is 0 Å². The highest BCUT2D eigenvalue weighted by atomic mass is 15.1. The number of aromatic nitrogens is 2. The summed E-state index contributed by atoms with van der Waals surface area (Å²) in [4.78, 5) is 5.13. The molecule has 0 radical (unpaired) electrons. The van der Waals surface area contributed by atoms with E-state index in [0.717, 1.165) is 17.8 Å². The molecule has 0 N–H and O–H groups in total. The lowest BCUT2D eigenvalue weighted by atomic mass is 9.69. The van der Waals surface area contributed by atoms with E-state index in [1.54, 1.807) is 5.56 Å². The SMILES string of the molecule is CCc1cc2c(cc1C1(C)CCCCC1)nc(-c1ccccc1)n2C(C)C. The standard InChI is InChI=1S/C25H32N2/c1-5-19-16-23-22(17-21(19)25(4)14-10-7-11-15-25)26-24(27(23)18(2)3)20-12-8-6-9-13-20/h6,8-9,12-13,16-18H,5,7,10-11,14-15H2,1-4H3. The van der Waals surface area contributed by atoms with Crippen LogP contribution in [0.4, 0.5) is 0 Å². The quantitative estimate of drug-likeness (QED) is 0.486. The lowest BCUT2D eigenvalue weighted by Crippen LogP contribution is -2.26. The summed E-state index contributed by atoms with van der Waals surface area (Å²) in [6.45, 7) is 9.29. The van der Waals surface area contributed by atoms with E-state index >= 15 is 0 Å². The maximum Gasteiger partial charge on any atom is 0.141 e. The molecule has 0 spiro atoms. The van der Waals surface area contributed by atoms with Crippen molar-refractivity contribution in [3.8, 4) is 11.4 Å². The van der Waals surface area contributed by atoms with Gasteiger partial charge in [-0.15, -0.1) is 0 Å². The number of hydrogen-bond acceptors (Lipinski definition) is 1. The van der Waals surface area contributed by atoms with Crippen LogP contribution < -0.4 is 0 Å². The number of rotatable bonds is 4. The smallest absolute Gasteiger partial charge is 0.141 e. The van der Waals surface area contributed by atoms with Crippen molar-refractivity contribution < 1.29 is 0 Å². The average Bonchev–Trinajstić information content (AvgIpc) is 3.07. The van der Waals surface area contributed by atoms with Gasteiger partial charge in [-0.05, 0) is 61.8 Å². The maximum atomic E-state index is 5.13. The van der Waals surface area contributed by atoms with E-state index in [-0.39, 0.29) is 0 Å². The van der Waals surface area contributed by atoms with E-state index in [1.807, 2.05) is 0 Å². The molecule has 2 aromatic carbocycles. The van der Waals surface area contributed by atoms with Gasteiger partial charge in [-0.1, -0.05) is 63.4 Å². The molecule has 3 aromatic rings. The Morgan fingerprint density at radius 1 is 1.04 bits per heavy atom. The van der Waals surface area contributed by atoms with Gasteiger partial charge in [-0.3, -0.25) is 0 Å². The molecular weight excluding hydrogens is 328 g/mol. The molecule has 0 aliphatic heterocycles. The summed E-state index contributed by atoms with van der Waals surface area (Å²) in [7, 11) is 0. The minimum Gasteiger partial charge on any atom is -0.321 e. The van der Waals surface area contributed by atoms with Crippen LogP contribution in [0.2, 0.25) is 0 Å². The molecule has 4 rings (SSSR count). The zero-order valence-electron chi connectivity index (χ0n) is 17.3. The highest BCUT2D eigenvalue weighted by Crippen LogP contribution is 2.42. The third-order valence-electron chi connectivity index (χ3n) is 6.45. The predicted molar refractivity (Wildman–Crippen MR) is 115 cm³/mol. The molecule has 0 unspecified atom stereocenters. The van der Waals surface area contributed by atoms with E-state index in [1.165, 1.54) is 48.7 Å². The highest BCUT2D eigenvalue weighted by Gasteiger charge is 2.31. The van der Waals surface area contributed by atoms with Crippen LogP contribution >= 0.6 is 0 Å². The maximum absolute atomic E-state index is 5.13. The number of aryl methyl sites for hydroxylation is 1. The average molecular weight is 361 g/mol. The minimum atomic E-state index is 0.312. The Morgan fingerprint density at radius 3 is 2.37 bits per heavy atom. The van der Waals surface area contributed by atoms with Crippen molar-refractivity contribution in [3.05, 3.63) is 53.6 Å². The van der Waals surface area contributed by atoms with Crippen molar-refractivity contribution in [1.82, 2.24) is 9.55 Å². The molecule has 1 fully saturated rings. The van der Waals surface area contributed by atoms with E-state index in [0.29, 0.717) is 11.5 Å². The van der Waals surface area contributed by atoms with Crippen molar-refractivity contribution in [2.45, 2.75) is 77.7 Å². The Labute approximate surface area is 163 Å². The first-order valence-electron chi connectivity index (χ1n) is 10.6. The third kappa shape index (κ3) is 3.20. The molecule has 0 saturated heterocycles. The monoisotopic (exact) mass is 360 g/mol. The normalized spacial score (nSPS) is 16.9. The second-order valence-electron chi connectivity index (χ2n) is 8.74. The summed E-state index contributed by atoms with van der Waals surface area (Å²) in [6.07, 6.45) is 7.80. The van der Waals surface area contributed by atoms with Crippen molar-refractivity contribution in [2.24, 2.45) is 0 Å². The van der Waals surface area contributed by atoms with Crippen LogP contribution in [0.15, 0.2) is 42.5 Å². The number of hydrogen-bond donors (Lipinski definition) is 0. The first-order valence-corrected chi connectivity index (χ1v) is 10.6. The van der Waals surface area contributed by atoms with Crippen LogP contribution in [0, 0.1) is 0 Å². The number of fused-ring (bicyclic) bond motifs is 1. The molecule has 1 aliphatic carbocycles. The van der Waals surface area contributed by atoms with Crippen molar-refractivity contribution in [3.63, 3.8) is 0 Å². The topological polar surface area (TPSA) is 17.8 Å². The van der Waals surface area contributed by atoms with Crippen LogP contribution in [0.1, 0.15) is 77.0 Å². The van der Waals surface area contributed by atoms with Crippen LogP contribution in [0.25, 0.3) is 22.4 Å². The van der Waals surface area contributed by atoms with Crippen LogP contribution in [-0.2, 0) is 11.8 Å². The molecule has 1 aromatic heterocycles. The molecule has 2 heteroatoms. The van der Waals surface area contributed by atoms with Gasteiger partial charge in [0.1, 0.15) is 5.82 Å². The number of benzene rings is 2. The van der Waals surface area contributed by atoms with Gasteiger partial charge >= 0.3 is 0 Å². The van der Waals surface area contributed by atoms with Crippen LogP contribution in [0.5, 0.6) is 0 Å². The Balaban J connectivity index is 1.94. The summed E-state index contributed by atoms with van der Waals surface area (Å²) in [5.41, 5.74) is 7.00. The molecule has 1 aliphatic rings. The van der Waals surface area contributed by atoms with Gasteiger partial charge < -0.3 is 4.57 Å². The van der Waals surface area contributed by atoms with Crippen molar-refractivity contribution >= 4 is 11.0 Å². The summed E-state index contributed by atoms with van der Waals surface area (Å²) in [5.74, 6) is 1.09. The Morgan fingerprint density at radius 2 is 1.74 bits per heavy atom. The molecule has 0 atom stereocenters. The summed E-state index contributed by atoms with van der Waals surface area (Å²) >= 11 is 0. The lowest BCUT2D eigenvalue weighted by Gasteiger charge is -2.35. The molecule has 142 valence electrons. The third-order valence-corrected chi connectivity index (χ3v) is 6.45. The van der Waals surface area contributed by atoms with Crippen molar-refractivity contribution in [1.29, 1.82) is 0 Å². The van der Waals surface area contributed by atoms with Crippen LogP contribution in [-0.4, -0.2) is 9.55 Å². The number of nitrogens with zero attached hydrogens (tertiary/aromatic N) is 2. The Hall–Kier alpha value is -2.09. The van der Waals surface area contributed by atoms with Gasteiger partial charge in [-0.2, -0.15) is 0 Å². The summed E-state index contributed by atoms with van der Waals surface area (Å²) in [5, 5.41) is 0. The van der Waals surface area contributed by atoms with Gasteiger partial charge in [0, 0.05) is 11.6 Å². The van der Waals surface area contributed by atoms with E-state index in [4.69, 9.17) is 4.98 Å². The van der Waals surface area contributed by atoms with E-state index < -0.39 is 0 Å². The Bertz CT molecular complexity index is 928. The lowest BCUT2D eigenvalue weighted by molar-refractivity contribution is 0.318. The van der Waals surface area contributed by atoms with E-state index in [2.05, 4.69) is 74.7 Å². The Kier molecular flexibility index (Phi) is 4.84. The van der Waals surface area contributed by atoms with Gasteiger partial charge in [-0.25, -0.2) is 4.98 Å². The molecular formula is C25H32N2. The molecule has 0 bridgehead atoms. The zero-order chi connectivity index (χ0) is 19.0. The van der Waals surface area contributed by atoms with Crippen LogP contribution in [0.3, 0.4) is 0 Å². The molecule has 0 amide bonds. The fraction of sp³-hybridized carbons (Fsp3) is 0.480. The predicted octanol–water partition coefficient (Wildman–Crippen LogP) is 7.07. The molecule has 1 saturated carbocycles. The first kappa shape index (κ1) is 18.3.